The molecule has 3 atom stereocenters. The van der Waals surface area contributed by atoms with Crippen LogP contribution in [0.5, 0.6) is 0 Å². The predicted molar refractivity (Wildman–Crippen MR) is 121 cm³/mol. The van der Waals surface area contributed by atoms with Gasteiger partial charge in [0.15, 0.2) is 13.9 Å². The molecule has 0 saturated heterocycles. The van der Waals surface area contributed by atoms with Gasteiger partial charge in [-0.25, -0.2) is 9.59 Å². The van der Waals surface area contributed by atoms with E-state index in [2.05, 4.69) is 60.1 Å². The fourth-order valence-corrected chi connectivity index (χ4v) is 4.92. The van der Waals surface area contributed by atoms with Gasteiger partial charge in [-0.1, -0.05) is 60.8 Å². The molecule has 0 heterocycles. The molecule has 0 aromatic rings. The van der Waals surface area contributed by atoms with Crippen molar-refractivity contribution in [3.05, 3.63) is 12.2 Å². The zero-order chi connectivity index (χ0) is 22.7. The van der Waals surface area contributed by atoms with Crippen LogP contribution in [-0.4, -0.2) is 45.6 Å². The van der Waals surface area contributed by atoms with Gasteiger partial charge in [-0.05, 0) is 37.0 Å². The quantitative estimate of drug-likeness (QED) is 0.279. The lowest BCUT2D eigenvalue weighted by Gasteiger charge is -2.46. The maximum Gasteiger partial charge on any atom is 0.337 e. The normalized spacial score (nSPS) is 17.4. The first-order chi connectivity index (χ1) is 12.3. The maximum atomic E-state index is 13.2. The predicted octanol–water partition coefficient (Wildman–Crippen LogP) is 5.56. The van der Waals surface area contributed by atoms with Crippen molar-refractivity contribution in [2.24, 2.45) is 11.8 Å². The van der Waals surface area contributed by atoms with Crippen molar-refractivity contribution in [2.75, 3.05) is 6.61 Å². The van der Waals surface area contributed by atoms with Crippen LogP contribution in [0.15, 0.2) is 12.2 Å². The van der Waals surface area contributed by atoms with Crippen molar-refractivity contribution in [3.8, 4) is 0 Å². The van der Waals surface area contributed by atoms with Gasteiger partial charge in [0.1, 0.15) is 0 Å². The van der Waals surface area contributed by atoms with Crippen molar-refractivity contribution in [1.82, 2.24) is 0 Å². The molecule has 0 saturated carbocycles. The monoisotopic (exact) mass is 430 g/mol. The van der Waals surface area contributed by atoms with Gasteiger partial charge >= 0.3 is 11.9 Å². The first-order valence-electron chi connectivity index (χ1n) is 10.1. The smallest absolute Gasteiger partial charge is 0.337 e. The zero-order valence-corrected chi connectivity index (χ0v) is 21.9. The minimum Gasteiger partial charge on any atom is -0.478 e. The molecule has 0 aliphatic rings. The second-order valence-corrected chi connectivity index (χ2v) is 21.2. The molecule has 5 nitrogen and oxygen atoms in total. The molecule has 0 aromatic carbocycles. The Kier molecular flexibility index (Phi) is 8.95. The lowest BCUT2D eigenvalue weighted by atomic mass is 9.78. The van der Waals surface area contributed by atoms with Gasteiger partial charge in [-0.2, -0.15) is 0 Å². The van der Waals surface area contributed by atoms with Crippen LogP contribution in [0.1, 0.15) is 41.5 Å². The highest BCUT2D eigenvalue weighted by molar-refractivity contribution is 6.76. The fraction of sp³-hybridized carbons (Fsp3) is 0.810. The molecule has 0 aliphatic carbocycles. The van der Waals surface area contributed by atoms with E-state index in [-0.39, 0.29) is 10.6 Å². The SMILES string of the molecule is C=C(C(=O)O)[C@H](C)[C@@H](C)[C@@](C)(O[Si](C)(C)C(C)(C)C)C(=O)OCC[Si](C)(C)C. The molecule has 7 heteroatoms. The number of carbonyl (C=O) groups excluding carboxylic acids is 1. The third-order valence-electron chi connectivity index (χ3n) is 6.21. The van der Waals surface area contributed by atoms with Gasteiger partial charge in [-0.15, -0.1) is 0 Å². The van der Waals surface area contributed by atoms with Crippen molar-refractivity contribution in [3.63, 3.8) is 0 Å². The van der Waals surface area contributed by atoms with E-state index in [4.69, 9.17) is 9.16 Å². The largest absolute Gasteiger partial charge is 0.478 e. The Morgan fingerprint density at radius 1 is 1.04 bits per heavy atom. The van der Waals surface area contributed by atoms with Crippen LogP contribution in [0.25, 0.3) is 0 Å². The van der Waals surface area contributed by atoms with Crippen molar-refractivity contribution in [1.29, 1.82) is 0 Å². The topological polar surface area (TPSA) is 72.8 Å². The summed E-state index contributed by atoms with van der Waals surface area (Å²) in [6.07, 6.45) is 0. The van der Waals surface area contributed by atoms with E-state index in [1.807, 2.05) is 6.92 Å². The standard InChI is InChI=1S/C21H42O5Si2/c1-15(16(2)18(22)23)17(3)21(7,26-28(11,12)20(4,5)6)19(24)25-13-14-27(8,9)10/h15,17H,2,13-14H2,1,3-12H3,(H,22,23)/t15-,17+,21+/m0/s1. The van der Waals surface area contributed by atoms with Gasteiger partial charge in [0.2, 0.25) is 0 Å². The Labute approximate surface area is 174 Å². The molecule has 0 unspecified atom stereocenters. The Bertz CT molecular complexity index is 587. The minimum absolute atomic E-state index is 0.0763. The van der Waals surface area contributed by atoms with Crippen LogP contribution >= 0.6 is 0 Å². The van der Waals surface area contributed by atoms with Gasteiger partial charge < -0.3 is 14.3 Å². The first kappa shape index (κ1) is 27.1. The second-order valence-electron chi connectivity index (χ2n) is 10.8. The molecule has 28 heavy (non-hydrogen) atoms. The van der Waals surface area contributed by atoms with E-state index in [0.717, 1.165) is 6.04 Å². The molecule has 0 fully saturated rings. The maximum absolute atomic E-state index is 13.2. The van der Waals surface area contributed by atoms with Crippen LogP contribution in [0.3, 0.4) is 0 Å². The molecule has 0 aliphatic heterocycles. The average molecular weight is 431 g/mol. The molecule has 0 rings (SSSR count). The number of esters is 1. The Morgan fingerprint density at radius 3 is 1.86 bits per heavy atom. The van der Waals surface area contributed by atoms with Crippen molar-refractivity contribution < 1.29 is 23.9 Å². The van der Waals surface area contributed by atoms with E-state index < -0.39 is 45.8 Å². The number of aliphatic carboxylic acids is 1. The van der Waals surface area contributed by atoms with Crippen LogP contribution in [-0.2, 0) is 18.8 Å². The molecule has 0 amide bonds. The Balaban J connectivity index is 5.85. The van der Waals surface area contributed by atoms with E-state index in [0.29, 0.717) is 6.61 Å². The fourth-order valence-electron chi connectivity index (χ4n) is 2.57. The molecular formula is C21H42O5Si2. The summed E-state index contributed by atoms with van der Waals surface area (Å²) in [6, 6.07) is 0.876. The van der Waals surface area contributed by atoms with Gasteiger partial charge in [0, 0.05) is 19.6 Å². The highest BCUT2D eigenvalue weighted by Crippen LogP contribution is 2.43. The summed E-state index contributed by atoms with van der Waals surface area (Å²) in [7, 11) is -3.66. The Morgan fingerprint density at radius 2 is 1.50 bits per heavy atom. The second kappa shape index (κ2) is 9.26. The van der Waals surface area contributed by atoms with Crippen LogP contribution in [0.2, 0.25) is 43.8 Å². The number of carboxylic acids is 1. The lowest BCUT2D eigenvalue weighted by molar-refractivity contribution is -0.168. The number of carboxylic acid groups (broad SMARTS) is 1. The van der Waals surface area contributed by atoms with Crippen LogP contribution in [0.4, 0.5) is 0 Å². The summed E-state index contributed by atoms with van der Waals surface area (Å²) < 4.78 is 12.3. The third kappa shape index (κ3) is 7.15. The first-order valence-corrected chi connectivity index (χ1v) is 16.7. The summed E-state index contributed by atoms with van der Waals surface area (Å²) in [5, 5.41) is 9.26. The third-order valence-corrected chi connectivity index (χ3v) is 12.5. The average Bonchev–Trinajstić information content (AvgIpc) is 2.49. The van der Waals surface area contributed by atoms with E-state index in [1.54, 1.807) is 13.8 Å². The lowest BCUT2D eigenvalue weighted by Crippen LogP contribution is -2.57. The number of hydrogen-bond acceptors (Lipinski definition) is 4. The zero-order valence-electron chi connectivity index (χ0n) is 19.9. The van der Waals surface area contributed by atoms with E-state index in [9.17, 15) is 14.7 Å². The summed E-state index contributed by atoms with van der Waals surface area (Å²) in [4.78, 5) is 24.6. The highest BCUT2D eigenvalue weighted by Gasteiger charge is 2.51. The van der Waals surface area contributed by atoms with Gasteiger partial charge in [-0.3, -0.25) is 0 Å². The minimum atomic E-state index is -2.32. The summed E-state index contributed by atoms with van der Waals surface area (Å²) in [6.45, 7) is 26.6. The molecule has 1 N–H and O–H groups in total. The number of ether oxygens (including phenoxy) is 1. The van der Waals surface area contributed by atoms with Gasteiger partial charge in [0.05, 0.1) is 6.61 Å². The van der Waals surface area contributed by atoms with E-state index in [1.165, 1.54) is 0 Å². The summed E-state index contributed by atoms with van der Waals surface area (Å²) in [5.74, 6) is -2.30. The highest BCUT2D eigenvalue weighted by atomic mass is 28.4. The molecule has 0 bridgehead atoms. The molecular weight excluding hydrogens is 388 g/mol. The summed E-state index contributed by atoms with van der Waals surface area (Å²) >= 11 is 0. The number of rotatable bonds is 10. The number of hydrogen-bond donors (Lipinski definition) is 1. The summed E-state index contributed by atoms with van der Waals surface area (Å²) in [5.41, 5.74) is -1.16. The van der Waals surface area contributed by atoms with E-state index >= 15 is 0 Å². The number of carbonyl (C=O) groups is 2. The Hall–Kier alpha value is -0.926. The van der Waals surface area contributed by atoms with Gasteiger partial charge in [0.25, 0.3) is 0 Å². The van der Waals surface area contributed by atoms with Crippen molar-refractivity contribution in [2.45, 2.75) is 91.0 Å². The van der Waals surface area contributed by atoms with Crippen molar-refractivity contribution >= 4 is 28.3 Å². The molecule has 164 valence electrons. The van der Waals surface area contributed by atoms with Crippen LogP contribution < -0.4 is 0 Å². The van der Waals surface area contributed by atoms with Crippen LogP contribution in [0, 0.1) is 11.8 Å². The molecule has 0 spiro atoms. The molecule has 0 radical (unpaired) electrons. The molecule has 0 aromatic heterocycles.